The third-order valence-corrected chi connectivity index (χ3v) is 4.27. The van der Waals surface area contributed by atoms with E-state index in [2.05, 4.69) is 39.6 Å². The van der Waals surface area contributed by atoms with Crippen molar-refractivity contribution in [3.05, 3.63) is 53.9 Å². The van der Waals surface area contributed by atoms with Gasteiger partial charge in [-0.25, -0.2) is 0 Å². The highest BCUT2D eigenvalue weighted by Crippen LogP contribution is 2.12. The van der Waals surface area contributed by atoms with Gasteiger partial charge in [0.2, 0.25) is 5.91 Å². The van der Waals surface area contributed by atoms with Crippen molar-refractivity contribution in [2.24, 2.45) is 7.05 Å². The van der Waals surface area contributed by atoms with Crippen molar-refractivity contribution in [1.29, 1.82) is 0 Å². The molecule has 3 rings (SSSR count). The van der Waals surface area contributed by atoms with Gasteiger partial charge in [-0.3, -0.25) is 14.4 Å². The van der Waals surface area contributed by atoms with E-state index in [4.69, 9.17) is 4.74 Å². The average Bonchev–Trinajstić information content (AvgIpc) is 2.99. The summed E-state index contributed by atoms with van der Waals surface area (Å²) in [7, 11) is 1.87. The fourth-order valence-electron chi connectivity index (χ4n) is 2.93. The fourth-order valence-corrected chi connectivity index (χ4v) is 2.93. The minimum Gasteiger partial charge on any atom is -0.375 e. The van der Waals surface area contributed by atoms with Gasteiger partial charge in [0.05, 0.1) is 31.4 Å². The molecule has 1 unspecified atom stereocenters. The van der Waals surface area contributed by atoms with Crippen molar-refractivity contribution in [1.82, 2.24) is 20.0 Å². The molecule has 2 aromatic rings. The van der Waals surface area contributed by atoms with Gasteiger partial charge >= 0.3 is 0 Å². The number of hydrogen-bond donors (Lipinski definition) is 1. The largest absolute Gasteiger partial charge is 0.375 e. The summed E-state index contributed by atoms with van der Waals surface area (Å²) in [5.74, 6) is 0.0164. The highest BCUT2D eigenvalue weighted by molar-refractivity contribution is 5.76. The lowest BCUT2D eigenvalue weighted by atomic mass is 10.1. The van der Waals surface area contributed by atoms with Gasteiger partial charge in [-0.2, -0.15) is 5.10 Å². The normalized spacial score (nSPS) is 18.5. The van der Waals surface area contributed by atoms with E-state index in [0.29, 0.717) is 19.6 Å². The highest BCUT2D eigenvalue weighted by Gasteiger charge is 2.22. The molecule has 0 aliphatic carbocycles. The first-order valence-electron chi connectivity index (χ1n) is 8.32. The summed E-state index contributed by atoms with van der Waals surface area (Å²) < 4.78 is 7.52. The Hall–Kier alpha value is -2.18. The Labute approximate surface area is 142 Å². The van der Waals surface area contributed by atoms with Crippen molar-refractivity contribution in [3.63, 3.8) is 0 Å². The van der Waals surface area contributed by atoms with Gasteiger partial charge in [0.15, 0.2) is 0 Å². The number of aromatic nitrogens is 2. The molecule has 1 aliphatic rings. The Balaban J connectivity index is 1.44. The second-order valence-electron chi connectivity index (χ2n) is 6.14. The van der Waals surface area contributed by atoms with E-state index >= 15 is 0 Å². The van der Waals surface area contributed by atoms with E-state index in [9.17, 15) is 4.79 Å². The maximum atomic E-state index is 12.1. The van der Waals surface area contributed by atoms with Crippen LogP contribution in [0.1, 0.15) is 17.7 Å². The quantitative estimate of drug-likeness (QED) is 0.869. The van der Waals surface area contributed by atoms with Crippen molar-refractivity contribution in [2.45, 2.75) is 25.6 Å². The Morgan fingerprint density at radius 3 is 2.92 bits per heavy atom. The van der Waals surface area contributed by atoms with Crippen LogP contribution in [-0.4, -0.2) is 46.4 Å². The molecule has 1 amide bonds. The average molecular weight is 328 g/mol. The SMILES string of the molecule is Cn1nccc1CNC(=O)CC1CN(Cc2ccccc2)CCO1. The summed E-state index contributed by atoms with van der Waals surface area (Å²) in [5, 5.41) is 7.03. The molecule has 24 heavy (non-hydrogen) atoms. The van der Waals surface area contributed by atoms with Crippen LogP contribution < -0.4 is 5.32 Å². The molecule has 6 heteroatoms. The number of amides is 1. The molecule has 0 radical (unpaired) electrons. The lowest BCUT2D eigenvalue weighted by Crippen LogP contribution is -2.44. The predicted octanol–water partition coefficient (Wildman–Crippen LogP) is 1.33. The molecule has 6 nitrogen and oxygen atoms in total. The van der Waals surface area contributed by atoms with Gasteiger partial charge in [0, 0.05) is 32.9 Å². The lowest BCUT2D eigenvalue weighted by molar-refractivity contribution is -0.126. The molecular formula is C18H24N4O2. The zero-order valence-corrected chi connectivity index (χ0v) is 14.0. The first kappa shape index (κ1) is 16.7. The van der Waals surface area contributed by atoms with E-state index in [-0.39, 0.29) is 12.0 Å². The van der Waals surface area contributed by atoms with E-state index in [1.54, 1.807) is 10.9 Å². The minimum atomic E-state index is -0.0472. The third kappa shape index (κ3) is 4.66. The molecule has 1 N–H and O–H groups in total. The number of hydrogen-bond acceptors (Lipinski definition) is 4. The first-order valence-corrected chi connectivity index (χ1v) is 8.32. The number of carbonyl (C=O) groups is 1. The molecule has 0 spiro atoms. The van der Waals surface area contributed by atoms with E-state index in [0.717, 1.165) is 25.3 Å². The Morgan fingerprint density at radius 2 is 2.17 bits per heavy atom. The molecule has 2 heterocycles. The zero-order valence-electron chi connectivity index (χ0n) is 14.0. The summed E-state index contributed by atoms with van der Waals surface area (Å²) in [6, 6.07) is 12.3. The molecule has 1 saturated heterocycles. The number of benzene rings is 1. The Kier molecular flexibility index (Phi) is 5.61. The van der Waals surface area contributed by atoms with Crippen molar-refractivity contribution < 1.29 is 9.53 Å². The van der Waals surface area contributed by atoms with Crippen LogP contribution in [0.4, 0.5) is 0 Å². The first-order chi connectivity index (χ1) is 11.7. The van der Waals surface area contributed by atoms with E-state index in [1.807, 2.05) is 19.2 Å². The zero-order chi connectivity index (χ0) is 16.8. The summed E-state index contributed by atoms with van der Waals surface area (Å²) in [5.41, 5.74) is 2.28. The number of ether oxygens (including phenoxy) is 1. The van der Waals surface area contributed by atoms with E-state index < -0.39 is 0 Å². The molecule has 1 atom stereocenters. The van der Waals surface area contributed by atoms with Gasteiger partial charge in [0.25, 0.3) is 0 Å². The number of aryl methyl sites for hydroxylation is 1. The summed E-state index contributed by atoms with van der Waals surface area (Å²) in [6.07, 6.45) is 2.07. The van der Waals surface area contributed by atoms with Crippen LogP contribution in [0.15, 0.2) is 42.6 Å². The second kappa shape index (κ2) is 8.08. The second-order valence-corrected chi connectivity index (χ2v) is 6.14. The minimum absolute atomic E-state index is 0.0164. The van der Waals surface area contributed by atoms with Crippen molar-refractivity contribution in [2.75, 3.05) is 19.7 Å². The maximum Gasteiger partial charge on any atom is 0.222 e. The predicted molar refractivity (Wildman–Crippen MR) is 91.1 cm³/mol. The topological polar surface area (TPSA) is 59.4 Å². The van der Waals surface area contributed by atoms with Crippen LogP contribution in [0.2, 0.25) is 0 Å². The van der Waals surface area contributed by atoms with E-state index in [1.165, 1.54) is 5.56 Å². The Morgan fingerprint density at radius 1 is 1.33 bits per heavy atom. The number of carbonyl (C=O) groups excluding carboxylic acids is 1. The van der Waals surface area contributed by atoms with Gasteiger partial charge in [-0.05, 0) is 11.6 Å². The number of nitrogens with zero attached hydrogens (tertiary/aromatic N) is 3. The molecule has 1 aromatic carbocycles. The summed E-state index contributed by atoms with van der Waals surface area (Å²) in [4.78, 5) is 14.5. The van der Waals surface area contributed by atoms with Crippen molar-refractivity contribution >= 4 is 5.91 Å². The standard InChI is InChI=1S/C18H24N4O2/c1-21-16(7-8-20-21)12-19-18(23)11-17-14-22(9-10-24-17)13-15-5-3-2-4-6-15/h2-8,17H,9-14H2,1H3,(H,19,23). The maximum absolute atomic E-state index is 12.1. The van der Waals surface area contributed by atoms with Crippen molar-refractivity contribution in [3.8, 4) is 0 Å². The molecule has 1 aliphatic heterocycles. The number of morpholine rings is 1. The lowest BCUT2D eigenvalue weighted by Gasteiger charge is -2.32. The van der Waals surface area contributed by atoms with Gasteiger partial charge in [-0.15, -0.1) is 0 Å². The van der Waals surface area contributed by atoms with Crippen LogP contribution in [0, 0.1) is 0 Å². The third-order valence-electron chi connectivity index (χ3n) is 4.27. The summed E-state index contributed by atoms with van der Waals surface area (Å²) >= 11 is 0. The van der Waals surface area contributed by atoms with Gasteiger partial charge in [0.1, 0.15) is 0 Å². The molecule has 1 fully saturated rings. The number of rotatable bonds is 6. The summed E-state index contributed by atoms with van der Waals surface area (Å²) in [6.45, 7) is 3.76. The fraction of sp³-hybridized carbons (Fsp3) is 0.444. The van der Waals surface area contributed by atoms with Gasteiger partial charge < -0.3 is 10.1 Å². The molecule has 0 saturated carbocycles. The highest BCUT2D eigenvalue weighted by atomic mass is 16.5. The van der Waals surface area contributed by atoms with Crippen LogP contribution in [0.5, 0.6) is 0 Å². The molecular weight excluding hydrogens is 304 g/mol. The molecule has 1 aromatic heterocycles. The molecule has 128 valence electrons. The van der Waals surface area contributed by atoms with Crippen LogP contribution in [0.25, 0.3) is 0 Å². The van der Waals surface area contributed by atoms with Crippen LogP contribution in [0.3, 0.4) is 0 Å². The monoisotopic (exact) mass is 328 g/mol. The van der Waals surface area contributed by atoms with Gasteiger partial charge in [-0.1, -0.05) is 30.3 Å². The smallest absolute Gasteiger partial charge is 0.222 e. The van der Waals surface area contributed by atoms with Crippen LogP contribution >= 0.6 is 0 Å². The molecule has 0 bridgehead atoms. The Bertz CT molecular complexity index is 656. The van der Waals surface area contributed by atoms with Crippen LogP contribution in [-0.2, 0) is 29.7 Å². The number of nitrogens with one attached hydrogen (secondary N) is 1.